The van der Waals surface area contributed by atoms with Crippen molar-refractivity contribution in [1.82, 2.24) is 5.16 Å². The Morgan fingerprint density at radius 2 is 2.00 bits per heavy atom. The summed E-state index contributed by atoms with van der Waals surface area (Å²) in [4.78, 5) is 0. The van der Waals surface area contributed by atoms with Crippen LogP contribution in [0.1, 0.15) is 0 Å². The molecule has 1 aromatic heterocycles. The maximum atomic E-state index is 5.96. The third kappa shape index (κ3) is 1.74. The van der Waals surface area contributed by atoms with Gasteiger partial charge in [0, 0.05) is 27.7 Å². The molecule has 0 aliphatic heterocycles. The zero-order valence-electron chi connectivity index (χ0n) is 8.85. The summed E-state index contributed by atoms with van der Waals surface area (Å²) >= 11 is 5.96. The largest absolute Gasteiger partial charge is 0.399 e. The number of aromatic nitrogens is 1. The summed E-state index contributed by atoms with van der Waals surface area (Å²) in [5, 5.41) is 5.67. The average molecular weight is 245 g/mol. The SMILES string of the molecule is Nc1ccc2c(-c3cccc(Cl)c3)noc2c1. The van der Waals surface area contributed by atoms with Crippen LogP contribution in [0.3, 0.4) is 0 Å². The summed E-state index contributed by atoms with van der Waals surface area (Å²) in [5.41, 5.74) is 8.74. The topological polar surface area (TPSA) is 52.0 Å². The Bertz CT molecular complexity index is 691. The molecule has 17 heavy (non-hydrogen) atoms. The van der Waals surface area contributed by atoms with E-state index in [1.54, 1.807) is 6.07 Å². The number of nitrogens with two attached hydrogens (primary N) is 1. The second kappa shape index (κ2) is 3.79. The number of anilines is 1. The first kappa shape index (κ1) is 10.2. The molecule has 0 saturated heterocycles. The molecule has 4 heteroatoms. The minimum atomic E-state index is 0.659. The van der Waals surface area contributed by atoms with E-state index in [0.717, 1.165) is 16.6 Å². The van der Waals surface area contributed by atoms with Crippen LogP contribution in [-0.2, 0) is 0 Å². The van der Waals surface area contributed by atoms with Crippen LogP contribution in [0.4, 0.5) is 5.69 Å². The van der Waals surface area contributed by atoms with Gasteiger partial charge in [0.2, 0.25) is 0 Å². The van der Waals surface area contributed by atoms with E-state index in [4.69, 9.17) is 21.9 Å². The Labute approximate surface area is 103 Å². The number of nitrogen functional groups attached to an aromatic ring is 1. The molecule has 0 bridgehead atoms. The van der Waals surface area contributed by atoms with Crippen LogP contribution in [0, 0.1) is 0 Å². The molecule has 1 heterocycles. The van der Waals surface area contributed by atoms with Gasteiger partial charge in [-0.1, -0.05) is 28.9 Å². The molecular formula is C13H9ClN2O. The number of fused-ring (bicyclic) bond motifs is 1. The van der Waals surface area contributed by atoms with Crippen LogP contribution in [0.15, 0.2) is 47.0 Å². The lowest BCUT2D eigenvalue weighted by Crippen LogP contribution is -1.82. The van der Waals surface area contributed by atoms with Crippen molar-refractivity contribution in [3.05, 3.63) is 47.5 Å². The molecule has 3 rings (SSSR count). The van der Waals surface area contributed by atoms with Crippen LogP contribution >= 0.6 is 11.6 Å². The van der Waals surface area contributed by atoms with Gasteiger partial charge in [-0.25, -0.2) is 0 Å². The van der Waals surface area contributed by atoms with Crippen LogP contribution < -0.4 is 5.73 Å². The summed E-state index contributed by atoms with van der Waals surface area (Å²) in [6.07, 6.45) is 0. The molecule has 2 aromatic carbocycles. The maximum absolute atomic E-state index is 5.96. The Balaban J connectivity index is 2.24. The fourth-order valence-electron chi connectivity index (χ4n) is 1.80. The highest BCUT2D eigenvalue weighted by Crippen LogP contribution is 2.30. The minimum absolute atomic E-state index is 0.659. The van der Waals surface area contributed by atoms with Gasteiger partial charge < -0.3 is 10.3 Å². The first-order valence-electron chi connectivity index (χ1n) is 5.15. The summed E-state index contributed by atoms with van der Waals surface area (Å²) in [5.74, 6) is 0. The number of rotatable bonds is 1. The van der Waals surface area contributed by atoms with Crippen LogP contribution in [-0.4, -0.2) is 5.16 Å². The lowest BCUT2D eigenvalue weighted by atomic mass is 10.1. The molecule has 0 unspecified atom stereocenters. The average Bonchev–Trinajstić information content (AvgIpc) is 2.71. The number of nitrogens with zero attached hydrogens (tertiary/aromatic N) is 1. The van der Waals surface area contributed by atoms with Gasteiger partial charge in [0.25, 0.3) is 0 Å². The molecular weight excluding hydrogens is 236 g/mol. The highest BCUT2D eigenvalue weighted by atomic mass is 35.5. The van der Waals surface area contributed by atoms with E-state index < -0.39 is 0 Å². The highest BCUT2D eigenvalue weighted by molar-refractivity contribution is 6.30. The normalized spacial score (nSPS) is 10.9. The van der Waals surface area contributed by atoms with Gasteiger partial charge in [0.1, 0.15) is 5.69 Å². The van der Waals surface area contributed by atoms with Crippen molar-refractivity contribution in [3.8, 4) is 11.3 Å². The van der Waals surface area contributed by atoms with E-state index in [0.29, 0.717) is 16.3 Å². The number of benzene rings is 2. The van der Waals surface area contributed by atoms with Crippen molar-refractivity contribution in [2.45, 2.75) is 0 Å². The molecule has 0 aliphatic carbocycles. The van der Waals surface area contributed by atoms with Gasteiger partial charge in [-0.2, -0.15) is 0 Å². The quantitative estimate of drug-likeness (QED) is 0.664. The molecule has 3 aromatic rings. The number of hydrogen-bond donors (Lipinski definition) is 1. The smallest absolute Gasteiger partial charge is 0.169 e. The van der Waals surface area contributed by atoms with Gasteiger partial charge in [-0.15, -0.1) is 0 Å². The Kier molecular flexibility index (Phi) is 2.27. The summed E-state index contributed by atoms with van der Waals surface area (Å²) in [6, 6.07) is 13.0. The van der Waals surface area contributed by atoms with Crippen molar-refractivity contribution < 1.29 is 4.52 Å². The number of hydrogen-bond acceptors (Lipinski definition) is 3. The molecule has 0 amide bonds. The zero-order valence-corrected chi connectivity index (χ0v) is 9.61. The molecule has 0 radical (unpaired) electrons. The van der Waals surface area contributed by atoms with Crippen molar-refractivity contribution in [3.63, 3.8) is 0 Å². The maximum Gasteiger partial charge on any atom is 0.169 e. The molecule has 0 spiro atoms. The zero-order chi connectivity index (χ0) is 11.8. The second-order valence-corrected chi connectivity index (χ2v) is 4.23. The minimum Gasteiger partial charge on any atom is -0.399 e. The van der Waals surface area contributed by atoms with E-state index in [2.05, 4.69) is 5.16 Å². The third-order valence-electron chi connectivity index (χ3n) is 2.59. The van der Waals surface area contributed by atoms with E-state index in [9.17, 15) is 0 Å². The summed E-state index contributed by atoms with van der Waals surface area (Å²) in [6.45, 7) is 0. The fourth-order valence-corrected chi connectivity index (χ4v) is 1.99. The Hall–Kier alpha value is -2.00. The Morgan fingerprint density at radius 1 is 1.12 bits per heavy atom. The van der Waals surface area contributed by atoms with Gasteiger partial charge >= 0.3 is 0 Å². The molecule has 3 nitrogen and oxygen atoms in total. The van der Waals surface area contributed by atoms with E-state index >= 15 is 0 Å². The van der Waals surface area contributed by atoms with Crippen molar-refractivity contribution >= 4 is 28.3 Å². The third-order valence-corrected chi connectivity index (χ3v) is 2.83. The van der Waals surface area contributed by atoms with Gasteiger partial charge in [-0.05, 0) is 24.3 Å². The van der Waals surface area contributed by atoms with Gasteiger partial charge in [0.15, 0.2) is 5.58 Å². The van der Waals surface area contributed by atoms with E-state index in [-0.39, 0.29) is 0 Å². The predicted octanol–water partition coefficient (Wildman–Crippen LogP) is 3.73. The van der Waals surface area contributed by atoms with Gasteiger partial charge in [0.05, 0.1) is 0 Å². The van der Waals surface area contributed by atoms with E-state index in [1.807, 2.05) is 36.4 Å². The highest BCUT2D eigenvalue weighted by Gasteiger charge is 2.10. The van der Waals surface area contributed by atoms with Crippen molar-refractivity contribution in [2.75, 3.05) is 5.73 Å². The molecule has 0 saturated carbocycles. The standard InChI is InChI=1S/C13H9ClN2O/c14-9-3-1-2-8(6-9)13-11-5-4-10(15)7-12(11)17-16-13/h1-7H,15H2. The van der Waals surface area contributed by atoms with E-state index in [1.165, 1.54) is 0 Å². The molecule has 0 aliphatic rings. The first-order valence-corrected chi connectivity index (χ1v) is 5.53. The van der Waals surface area contributed by atoms with Crippen LogP contribution in [0.5, 0.6) is 0 Å². The van der Waals surface area contributed by atoms with Gasteiger partial charge in [-0.3, -0.25) is 0 Å². The fraction of sp³-hybridized carbons (Fsp3) is 0. The first-order chi connectivity index (χ1) is 8.24. The molecule has 0 atom stereocenters. The number of halogens is 1. The van der Waals surface area contributed by atoms with Crippen LogP contribution in [0.2, 0.25) is 5.02 Å². The summed E-state index contributed by atoms with van der Waals surface area (Å²) < 4.78 is 5.25. The lowest BCUT2D eigenvalue weighted by Gasteiger charge is -1.97. The molecule has 84 valence electrons. The van der Waals surface area contributed by atoms with Crippen molar-refractivity contribution in [2.24, 2.45) is 0 Å². The monoisotopic (exact) mass is 244 g/mol. The lowest BCUT2D eigenvalue weighted by molar-refractivity contribution is 0.459. The van der Waals surface area contributed by atoms with Crippen molar-refractivity contribution in [1.29, 1.82) is 0 Å². The molecule has 0 fully saturated rings. The summed E-state index contributed by atoms with van der Waals surface area (Å²) in [7, 11) is 0. The molecule has 2 N–H and O–H groups in total. The Morgan fingerprint density at radius 3 is 2.82 bits per heavy atom. The predicted molar refractivity (Wildman–Crippen MR) is 68.9 cm³/mol. The van der Waals surface area contributed by atoms with Crippen LogP contribution in [0.25, 0.3) is 22.2 Å². The second-order valence-electron chi connectivity index (χ2n) is 3.80.